The second kappa shape index (κ2) is 72.1. The third kappa shape index (κ3) is 67.7. The molecule has 6 heteroatoms. The number of allylic oxidation sites excluding steroid dienone is 2. The van der Waals surface area contributed by atoms with Crippen molar-refractivity contribution in [2.75, 3.05) is 13.2 Å². The lowest BCUT2D eigenvalue weighted by Crippen LogP contribution is -2.45. The van der Waals surface area contributed by atoms with Crippen LogP contribution in [0.2, 0.25) is 0 Å². The molecule has 0 aromatic rings. The lowest BCUT2D eigenvalue weighted by atomic mass is 10.0. The van der Waals surface area contributed by atoms with Gasteiger partial charge in [-0.1, -0.05) is 386 Å². The average molecular weight is 1160 g/mol. The Morgan fingerprint density at radius 1 is 0.329 bits per heavy atom. The molecule has 0 saturated heterocycles. The zero-order valence-corrected chi connectivity index (χ0v) is 56.0. The summed E-state index contributed by atoms with van der Waals surface area (Å²) in [6, 6.07) is -0.538. The van der Waals surface area contributed by atoms with E-state index < -0.39 is 12.1 Å². The van der Waals surface area contributed by atoms with Crippen LogP contribution >= 0.6 is 0 Å². The highest BCUT2D eigenvalue weighted by Gasteiger charge is 2.20. The van der Waals surface area contributed by atoms with Crippen molar-refractivity contribution < 1.29 is 24.5 Å². The van der Waals surface area contributed by atoms with E-state index in [9.17, 15) is 19.8 Å². The van der Waals surface area contributed by atoms with E-state index in [4.69, 9.17) is 4.74 Å². The Hall–Kier alpha value is -1.40. The molecule has 82 heavy (non-hydrogen) atoms. The summed E-state index contributed by atoms with van der Waals surface area (Å²) < 4.78 is 5.51. The minimum absolute atomic E-state index is 0.0184. The van der Waals surface area contributed by atoms with Gasteiger partial charge in [0.25, 0.3) is 0 Å². The quantitative estimate of drug-likeness (QED) is 0.0320. The maximum absolute atomic E-state index is 12.5. The van der Waals surface area contributed by atoms with Crippen molar-refractivity contribution >= 4 is 11.9 Å². The molecule has 0 fully saturated rings. The third-order valence-electron chi connectivity index (χ3n) is 18.1. The summed E-state index contributed by atoms with van der Waals surface area (Å²) in [7, 11) is 0. The summed E-state index contributed by atoms with van der Waals surface area (Å²) in [5, 5.41) is 23.4. The predicted molar refractivity (Wildman–Crippen MR) is 361 cm³/mol. The molecule has 2 unspecified atom stereocenters. The fourth-order valence-electron chi connectivity index (χ4n) is 12.3. The number of ether oxygens (including phenoxy) is 1. The van der Waals surface area contributed by atoms with Crippen molar-refractivity contribution in [1.82, 2.24) is 5.32 Å². The van der Waals surface area contributed by atoms with Crippen molar-refractivity contribution in [1.29, 1.82) is 0 Å². The normalized spacial score (nSPS) is 12.5. The van der Waals surface area contributed by atoms with E-state index in [1.54, 1.807) is 0 Å². The number of aliphatic hydroxyl groups is 2. The van der Waals surface area contributed by atoms with Gasteiger partial charge in [-0.3, -0.25) is 9.59 Å². The molecule has 488 valence electrons. The van der Waals surface area contributed by atoms with Gasteiger partial charge in [0.1, 0.15) is 0 Å². The molecule has 0 aliphatic carbocycles. The van der Waals surface area contributed by atoms with Crippen molar-refractivity contribution in [3.05, 3.63) is 12.2 Å². The molecule has 0 radical (unpaired) electrons. The smallest absolute Gasteiger partial charge is 0.305 e. The fraction of sp³-hybridized carbons (Fsp3) is 0.947. The zero-order chi connectivity index (χ0) is 59.2. The van der Waals surface area contributed by atoms with E-state index >= 15 is 0 Å². The van der Waals surface area contributed by atoms with Crippen molar-refractivity contribution in [2.24, 2.45) is 0 Å². The summed E-state index contributed by atoms with van der Waals surface area (Å²) >= 11 is 0. The van der Waals surface area contributed by atoms with E-state index in [0.717, 1.165) is 44.9 Å². The van der Waals surface area contributed by atoms with Gasteiger partial charge in [0, 0.05) is 12.8 Å². The standard InChI is InChI=1S/C76H149NO5/c1-3-5-7-9-11-13-15-17-19-21-38-42-46-50-54-58-62-66-70-76(81)82-71-67-63-59-55-51-47-43-39-35-33-31-29-27-25-23-22-24-26-28-30-32-34-37-41-45-49-53-57-61-65-69-75(80)77-73(72-78)74(79)68-64-60-56-52-48-44-40-36-20-18-16-14-12-10-8-6-4-2/h19,21,73-74,78-79H,3-18,20,22-72H2,1-2H3,(H,77,80)/b21-19-. The number of esters is 1. The monoisotopic (exact) mass is 1160 g/mol. The van der Waals surface area contributed by atoms with Crippen LogP contribution in [0.25, 0.3) is 0 Å². The van der Waals surface area contributed by atoms with Crippen molar-refractivity contribution in [2.45, 2.75) is 450 Å². The number of amides is 1. The highest BCUT2D eigenvalue weighted by Crippen LogP contribution is 2.20. The first-order chi connectivity index (χ1) is 40.5. The van der Waals surface area contributed by atoms with Gasteiger partial charge >= 0.3 is 5.97 Å². The summed E-state index contributed by atoms with van der Waals surface area (Å²) in [6.45, 7) is 5.00. The van der Waals surface area contributed by atoms with Gasteiger partial charge < -0.3 is 20.3 Å². The van der Waals surface area contributed by atoms with Crippen LogP contribution in [-0.4, -0.2) is 47.4 Å². The summed E-state index contributed by atoms with van der Waals surface area (Å²) in [4.78, 5) is 24.6. The molecule has 0 bridgehead atoms. The first kappa shape index (κ1) is 80.6. The first-order valence-corrected chi connectivity index (χ1v) is 37.9. The molecule has 3 N–H and O–H groups in total. The molecule has 2 atom stereocenters. The van der Waals surface area contributed by atoms with E-state index in [1.807, 2.05) is 0 Å². The van der Waals surface area contributed by atoms with Gasteiger partial charge in [0.05, 0.1) is 25.4 Å². The van der Waals surface area contributed by atoms with E-state index in [1.165, 1.54) is 360 Å². The van der Waals surface area contributed by atoms with Crippen LogP contribution in [0.1, 0.15) is 438 Å². The van der Waals surface area contributed by atoms with Crippen molar-refractivity contribution in [3.8, 4) is 0 Å². The van der Waals surface area contributed by atoms with Crippen LogP contribution in [-0.2, 0) is 14.3 Å². The Kier molecular flexibility index (Phi) is 70.8. The minimum Gasteiger partial charge on any atom is -0.466 e. The van der Waals surface area contributed by atoms with Crippen LogP contribution in [0.4, 0.5) is 0 Å². The Balaban J connectivity index is 3.32. The van der Waals surface area contributed by atoms with Crippen LogP contribution in [0.3, 0.4) is 0 Å². The van der Waals surface area contributed by atoms with Crippen LogP contribution in [0.15, 0.2) is 12.2 Å². The topological polar surface area (TPSA) is 95.9 Å². The summed E-state index contributed by atoms with van der Waals surface area (Å²) in [6.07, 6.45) is 90.0. The van der Waals surface area contributed by atoms with Gasteiger partial charge in [0.15, 0.2) is 0 Å². The first-order valence-electron chi connectivity index (χ1n) is 37.9. The number of nitrogens with one attached hydrogen (secondary N) is 1. The van der Waals surface area contributed by atoms with Gasteiger partial charge in [-0.2, -0.15) is 0 Å². The molecule has 0 aliphatic rings. The number of carbonyl (C=O) groups excluding carboxylic acids is 2. The lowest BCUT2D eigenvalue weighted by molar-refractivity contribution is -0.143. The second-order valence-corrected chi connectivity index (χ2v) is 26.3. The molecule has 0 aromatic heterocycles. The fourth-order valence-corrected chi connectivity index (χ4v) is 12.3. The maximum atomic E-state index is 12.5. The number of hydrogen-bond acceptors (Lipinski definition) is 5. The summed E-state index contributed by atoms with van der Waals surface area (Å²) in [5.41, 5.74) is 0. The van der Waals surface area contributed by atoms with Gasteiger partial charge in [0.2, 0.25) is 5.91 Å². The molecule has 0 rings (SSSR count). The molecular formula is C76H149NO5. The van der Waals surface area contributed by atoms with Gasteiger partial charge in [-0.15, -0.1) is 0 Å². The number of hydrogen-bond donors (Lipinski definition) is 3. The molecule has 6 nitrogen and oxygen atoms in total. The molecule has 0 aliphatic heterocycles. The molecule has 0 spiro atoms. The summed E-state index contributed by atoms with van der Waals surface area (Å²) in [5.74, 6) is -0.00827. The van der Waals surface area contributed by atoms with Crippen LogP contribution < -0.4 is 5.32 Å². The lowest BCUT2D eigenvalue weighted by Gasteiger charge is -2.22. The Morgan fingerprint density at radius 3 is 0.866 bits per heavy atom. The Bertz CT molecular complexity index is 1240. The number of rotatable bonds is 72. The highest BCUT2D eigenvalue weighted by molar-refractivity contribution is 5.76. The average Bonchev–Trinajstić information content (AvgIpc) is 3.48. The molecule has 1 amide bonds. The maximum Gasteiger partial charge on any atom is 0.305 e. The molecular weight excluding hydrogens is 1010 g/mol. The molecule has 0 heterocycles. The number of carbonyl (C=O) groups is 2. The van der Waals surface area contributed by atoms with E-state index in [0.29, 0.717) is 25.9 Å². The largest absolute Gasteiger partial charge is 0.466 e. The number of unbranched alkanes of at least 4 members (excludes halogenated alkanes) is 59. The third-order valence-corrected chi connectivity index (χ3v) is 18.1. The zero-order valence-electron chi connectivity index (χ0n) is 56.0. The van der Waals surface area contributed by atoms with Gasteiger partial charge in [-0.05, 0) is 51.4 Å². The van der Waals surface area contributed by atoms with Crippen LogP contribution in [0, 0.1) is 0 Å². The SMILES string of the molecule is CCCCCCCCC/C=C\CCCCCCCCCC(=O)OCCCCCCCCCCCCCCCCCCCCCCCCCCCCCCCCC(=O)NC(CO)C(O)CCCCCCCCCCCCCCCCCCC. The minimum atomic E-state index is -0.661. The second-order valence-electron chi connectivity index (χ2n) is 26.3. The molecule has 0 aromatic carbocycles. The van der Waals surface area contributed by atoms with Crippen molar-refractivity contribution in [3.63, 3.8) is 0 Å². The Labute approximate surface area is 514 Å². The highest BCUT2D eigenvalue weighted by atomic mass is 16.5. The van der Waals surface area contributed by atoms with Gasteiger partial charge in [-0.25, -0.2) is 0 Å². The van der Waals surface area contributed by atoms with E-state index in [2.05, 4.69) is 31.3 Å². The Morgan fingerprint density at radius 2 is 0.573 bits per heavy atom. The molecule has 0 saturated carbocycles. The predicted octanol–water partition coefficient (Wildman–Crippen LogP) is 24.7. The van der Waals surface area contributed by atoms with E-state index in [-0.39, 0.29) is 18.5 Å². The van der Waals surface area contributed by atoms with Crippen LogP contribution in [0.5, 0.6) is 0 Å². The number of aliphatic hydroxyl groups excluding tert-OH is 2.